The Morgan fingerprint density at radius 1 is 1.21 bits per heavy atom. The van der Waals surface area contributed by atoms with E-state index in [9.17, 15) is 14.3 Å². The highest BCUT2D eigenvalue weighted by atomic mass is 32.1. The lowest BCUT2D eigenvalue weighted by Gasteiger charge is -2.11. The van der Waals surface area contributed by atoms with E-state index in [1.54, 1.807) is 4.57 Å². The van der Waals surface area contributed by atoms with Crippen molar-refractivity contribution in [2.75, 3.05) is 6.61 Å². The Morgan fingerprint density at radius 3 is 2.54 bits per heavy atom. The lowest BCUT2D eigenvalue weighted by atomic mass is 10.1. The Hall–Kier alpha value is -2.73. The van der Waals surface area contributed by atoms with Crippen molar-refractivity contribution in [1.82, 2.24) is 4.57 Å². The topological polar surface area (TPSA) is 51.5 Å². The van der Waals surface area contributed by atoms with Crippen LogP contribution in [0.3, 0.4) is 0 Å². The first-order valence-corrected chi connectivity index (χ1v) is 9.53. The van der Waals surface area contributed by atoms with E-state index < -0.39 is 11.6 Å². The van der Waals surface area contributed by atoms with Gasteiger partial charge in [-0.05, 0) is 31.9 Å². The van der Waals surface area contributed by atoms with Crippen LogP contribution in [0.15, 0.2) is 36.4 Å². The van der Waals surface area contributed by atoms with Crippen LogP contribution in [0.2, 0.25) is 0 Å². The van der Waals surface area contributed by atoms with Crippen LogP contribution >= 0.6 is 12.2 Å². The molecular weight excluding hydrogens is 377 g/mol. The number of esters is 1. The molecule has 4 nitrogen and oxygen atoms in total. The third kappa shape index (κ3) is 3.78. The van der Waals surface area contributed by atoms with Crippen molar-refractivity contribution in [2.24, 2.45) is 0 Å². The van der Waals surface area contributed by atoms with Crippen molar-refractivity contribution in [3.05, 3.63) is 64.6 Å². The molecule has 0 saturated carbocycles. The van der Waals surface area contributed by atoms with Gasteiger partial charge in [0.15, 0.2) is 11.6 Å². The Labute approximate surface area is 168 Å². The number of carbonyl (C=O) groups excluding carboxylic acids is 1. The van der Waals surface area contributed by atoms with Crippen molar-refractivity contribution in [2.45, 2.75) is 33.6 Å². The fourth-order valence-electron chi connectivity index (χ4n) is 3.21. The molecule has 2 aromatic carbocycles. The highest BCUT2D eigenvalue weighted by Gasteiger charge is 2.22. The minimum Gasteiger partial charge on any atom is -0.505 e. The van der Waals surface area contributed by atoms with Crippen LogP contribution in [-0.2, 0) is 16.0 Å². The summed E-state index contributed by atoms with van der Waals surface area (Å²) in [6.07, 6.45) is 0.757. The number of benzene rings is 2. The first kappa shape index (κ1) is 20.0. The number of fused-ring (bicyclic) bond motifs is 1. The van der Waals surface area contributed by atoms with Gasteiger partial charge in [0, 0.05) is 22.7 Å². The smallest absolute Gasteiger partial charge is 0.310 e. The van der Waals surface area contributed by atoms with Gasteiger partial charge in [0.05, 0.1) is 18.5 Å². The van der Waals surface area contributed by atoms with Gasteiger partial charge in [-0.15, -0.1) is 0 Å². The molecule has 0 aliphatic rings. The van der Waals surface area contributed by atoms with E-state index in [2.05, 4.69) is 0 Å². The lowest BCUT2D eigenvalue weighted by Crippen LogP contribution is -2.14. The molecule has 28 heavy (non-hydrogen) atoms. The van der Waals surface area contributed by atoms with E-state index in [0.717, 1.165) is 23.2 Å². The number of ether oxygens (including phenoxy) is 1. The molecule has 3 aromatic rings. The number of hydrogen-bond donors (Lipinski definition) is 1. The standard InChI is InChI=1S/C22H22FNO3S/c1-4-9-27-21(26)11-16-14(3)24(19-12-18(23)20(25)10-17(16)19)22(28)15-7-5-13(2)6-8-15/h5-8,10,12,25H,4,9,11H2,1-3H3. The average molecular weight is 399 g/mol. The molecule has 6 heteroatoms. The van der Waals surface area contributed by atoms with Gasteiger partial charge >= 0.3 is 5.97 Å². The molecule has 146 valence electrons. The van der Waals surface area contributed by atoms with Crippen LogP contribution in [0.1, 0.15) is 35.7 Å². The summed E-state index contributed by atoms with van der Waals surface area (Å²) in [4.78, 5) is 12.7. The largest absolute Gasteiger partial charge is 0.505 e. The first-order chi connectivity index (χ1) is 13.3. The van der Waals surface area contributed by atoms with E-state index in [4.69, 9.17) is 17.0 Å². The summed E-state index contributed by atoms with van der Waals surface area (Å²) >= 11 is 5.68. The highest BCUT2D eigenvalue weighted by Crippen LogP contribution is 2.32. The third-order valence-electron chi connectivity index (χ3n) is 4.69. The van der Waals surface area contributed by atoms with Crippen molar-refractivity contribution in [3.8, 4) is 5.75 Å². The van der Waals surface area contributed by atoms with E-state index in [0.29, 0.717) is 28.1 Å². The zero-order valence-electron chi connectivity index (χ0n) is 16.1. The number of halogens is 1. The Kier molecular flexibility index (Phi) is 5.79. The van der Waals surface area contributed by atoms with Gasteiger partial charge in [-0.3, -0.25) is 4.79 Å². The zero-order valence-corrected chi connectivity index (χ0v) is 16.9. The Bertz CT molecular complexity index is 1050. The number of phenolic OH excluding ortho intramolecular Hbond substituents is 1. The van der Waals surface area contributed by atoms with Gasteiger partial charge in [-0.1, -0.05) is 49.0 Å². The third-order valence-corrected chi connectivity index (χ3v) is 5.11. The lowest BCUT2D eigenvalue weighted by molar-refractivity contribution is -0.142. The number of hydrogen-bond acceptors (Lipinski definition) is 4. The minimum absolute atomic E-state index is 0.0247. The molecule has 1 heterocycles. The molecule has 0 aliphatic heterocycles. The molecule has 3 rings (SSSR count). The summed E-state index contributed by atoms with van der Waals surface area (Å²) in [6.45, 7) is 6.09. The van der Waals surface area contributed by atoms with Crippen LogP contribution in [0, 0.1) is 19.7 Å². The van der Waals surface area contributed by atoms with E-state index in [-0.39, 0.29) is 12.4 Å². The van der Waals surface area contributed by atoms with Crippen molar-refractivity contribution in [1.29, 1.82) is 0 Å². The monoisotopic (exact) mass is 399 g/mol. The number of aryl methyl sites for hydroxylation is 1. The summed E-state index contributed by atoms with van der Waals surface area (Å²) in [5.74, 6) is -1.57. The van der Waals surface area contributed by atoms with Gasteiger partial charge in [0.2, 0.25) is 0 Å². The fourth-order valence-corrected chi connectivity index (χ4v) is 3.58. The Morgan fingerprint density at radius 2 is 1.89 bits per heavy atom. The molecule has 0 saturated heterocycles. The fraction of sp³-hybridized carbons (Fsp3) is 0.273. The highest BCUT2D eigenvalue weighted by molar-refractivity contribution is 7.80. The van der Waals surface area contributed by atoms with Crippen LogP contribution < -0.4 is 0 Å². The zero-order chi connectivity index (χ0) is 20.4. The maximum atomic E-state index is 14.1. The summed E-state index contributed by atoms with van der Waals surface area (Å²) < 4.78 is 21.1. The Balaban J connectivity index is 2.15. The number of nitrogens with zero attached hydrogens (tertiary/aromatic N) is 1. The number of thiocarbonyl (C=S) groups is 1. The molecule has 1 aromatic heterocycles. The van der Waals surface area contributed by atoms with Crippen molar-refractivity contribution in [3.63, 3.8) is 0 Å². The molecule has 0 fully saturated rings. The number of carbonyl (C=O) groups is 1. The van der Waals surface area contributed by atoms with Gasteiger partial charge in [-0.25, -0.2) is 4.39 Å². The summed E-state index contributed by atoms with van der Waals surface area (Å²) in [7, 11) is 0. The van der Waals surface area contributed by atoms with Crippen molar-refractivity contribution < 1.29 is 19.0 Å². The normalized spacial score (nSPS) is 11.0. The van der Waals surface area contributed by atoms with Crippen molar-refractivity contribution >= 4 is 34.1 Å². The van der Waals surface area contributed by atoms with Gasteiger partial charge in [0.25, 0.3) is 0 Å². The second kappa shape index (κ2) is 8.10. The number of aromatic nitrogens is 1. The molecule has 0 unspecified atom stereocenters. The van der Waals surface area contributed by atoms with Crippen LogP contribution in [-0.4, -0.2) is 27.2 Å². The van der Waals surface area contributed by atoms with Gasteiger partial charge in [-0.2, -0.15) is 0 Å². The van der Waals surface area contributed by atoms with Crippen LogP contribution in [0.4, 0.5) is 4.39 Å². The minimum atomic E-state index is -0.738. The van der Waals surface area contributed by atoms with E-state index in [1.807, 2.05) is 45.0 Å². The molecular formula is C22H22FNO3S. The second-order valence-electron chi connectivity index (χ2n) is 6.79. The van der Waals surface area contributed by atoms with Gasteiger partial charge in [0.1, 0.15) is 4.99 Å². The quantitative estimate of drug-likeness (QED) is 0.494. The SMILES string of the molecule is CCCOC(=O)Cc1c(C)n(C(=S)c2ccc(C)cc2)c2cc(F)c(O)cc12. The predicted octanol–water partition coefficient (Wildman–Crippen LogP) is 4.82. The van der Waals surface area contributed by atoms with Crippen LogP contribution in [0.25, 0.3) is 10.9 Å². The van der Waals surface area contributed by atoms with E-state index in [1.165, 1.54) is 12.1 Å². The molecule has 0 spiro atoms. The molecule has 0 atom stereocenters. The van der Waals surface area contributed by atoms with Gasteiger partial charge < -0.3 is 14.4 Å². The summed E-state index contributed by atoms with van der Waals surface area (Å²) in [5, 5.41) is 10.5. The summed E-state index contributed by atoms with van der Waals surface area (Å²) in [6, 6.07) is 10.3. The molecule has 1 N–H and O–H groups in total. The van der Waals surface area contributed by atoms with Crippen LogP contribution in [0.5, 0.6) is 5.75 Å². The molecule has 0 bridgehead atoms. The molecule has 0 radical (unpaired) electrons. The predicted molar refractivity (Wildman–Crippen MR) is 112 cm³/mol. The maximum absolute atomic E-state index is 14.1. The molecule has 0 amide bonds. The maximum Gasteiger partial charge on any atom is 0.310 e. The number of aromatic hydroxyl groups is 1. The number of phenols is 1. The first-order valence-electron chi connectivity index (χ1n) is 9.12. The average Bonchev–Trinajstić information content (AvgIpc) is 2.91. The molecule has 0 aliphatic carbocycles. The second-order valence-corrected chi connectivity index (χ2v) is 7.18. The van der Waals surface area contributed by atoms with E-state index >= 15 is 0 Å². The summed E-state index contributed by atoms with van der Waals surface area (Å²) in [5.41, 5.74) is 3.82. The number of rotatable bonds is 5.